The van der Waals surface area contributed by atoms with E-state index in [1.165, 1.54) is 0 Å². The molecule has 3 rings (SSSR count). The number of pyridine rings is 1. The van der Waals surface area contributed by atoms with Crippen LogP contribution in [0.3, 0.4) is 0 Å². The highest BCUT2D eigenvalue weighted by Crippen LogP contribution is 2.13. The summed E-state index contributed by atoms with van der Waals surface area (Å²) in [5.41, 5.74) is 1.75. The normalized spacial score (nSPS) is 22.2. The van der Waals surface area contributed by atoms with Crippen LogP contribution < -0.4 is 5.56 Å². The Balaban J connectivity index is 1.67. The van der Waals surface area contributed by atoms with Crippen molar-refractivity contribution in [1.29, 1.82) is 0 Å². The summed E-state index contributed by atoms with van der Waals surface area (Å²) in [6.07, 6.45) is 0.722. The monoisotopic (exact) mass is 349 g/mol. The Bertz CT molecular complexity index is 667. The molecule has 138 valence electrons. The average Bonchev–Trinajstić information content (AvgIpc) is 2.64. The molecular formula is C18H27N3O4. The molecule has 7 heteroatoms. The van der Waals surface area contributed by atoms with Gasteiger partial charge in [-0.25, -0.2) is 0 Å². The Kier molecular flexibility index (Phi) is 5.88. The van der Waals surface area contributed by atoms with Crippen molar-refractivity contribution in [2.45, 2.75) is 26.4 Å². The molecule has 0 aromatic carbocycles. The second kappa shape index (κ2) is 8.12. The van der Waals surface area contributed by atoms with E-state index in [0.29, 0.717) is 19.7 Å². The van der Waals surface area contributed by atoms with Crippen LogP contribution >= 0.6 is 0 Å². The summed E-state index contributed by atoms with van der Waals surface area (Å²) in [5, 5.41) is 0. The number of carbonyl (C=O) groups is 1. The minimum Gasteiger partial charge on any atom is -0.379 e. The van der Waals surface area contributed by atoms with Gasteiger partial charge in [-0.1, -0.05) is 6.92 Å². The lowest BCUT2D eigenvalue weighted by molar-refractivity contribution is -0.0503. The Morgan fingerprint density at radius 3 is 2.76 bits per heavy atom. The molecule has 0 saturated carbocycles. The Labute approximate surface area is 147 Å². The number of carbonyl (C=O) groups excluding carboxylic acids is 1. The van der Waals surface area contributed by atoms with Crippen LogP contribution in [0.15, 0.2) is 10.9 Å². The van der Waals surface area contributed by atoms with Crippen LogP contribution in [-0.2, 0) is 15.9 Å². The molecular weight excluding hydrogens is 322 g/mol. The highest BCUT2D eigenvalue weighted by molar-refractivity contribution is 5.94. The predicted octanol–water partition coefficient (Wildman–Crippen LogP) is 0.419. The van der Waals surface area contributed by atoms with Gasteiger partial charge < -0.3 is 19.4 Å². The number of morpholine rings is 2. The number of hydrogen-bond acceptors (Lipinski definition) is 5. The van der Waals surface area contributed by atoms with E-state index in [4.69, 9.17) is 9.47 Å². The van der Waals surface area contributed by atoms with E-state index in [2.05, 4.69) is 9.88 Å². The number of H-pyrrole nitrogens is 1. The van der Waals surface area contributed by atoms with Crippen LogP contribution in [0.5, 0.6) is 0 Å². The van der Waals surface area contributed by atoms with Crippen molar-refractivity contribution in [2.24, 2.45) is 0 Å². The van der Waals surface area contributed by atoms with Gasteiger partial charge in [-0.05, 0) is 25.0 Å². The summed E-state index contributed by atoms with van der Waals surface area (Å²) < 4.78 is 11.2. The summed E-state index contributed by atoms with van der Waals surface area (Å²) in [5.74, 6) is -0.206. The lowest BCUT2D eigenvalue weighted by Crippen LogP contribution is -2.51. The maximum Gasteiger partial charge on any atom is 0.261 e. The molecule has 2 aliphatic heterocycles. The van der Waals surface area contributed by atoms with Crippen LogP contribution in [-0.4, -0.2) is 79.3 Å². The minimum absolute atomic E-state index is 0.0223. The van der Waals surface area contributed by atoms with E-state index in [0.717, 1.165) is 50.5 Å². The fraction of sp³-hybridized carbons (Fsp3) is 0.667. The molecule has 1 aromatic heterocycles. The highest BCUT2D eigenvalue weighted by Gasteiger charge is 2.28. The van der Waals surface area contributed by atoms with Crippen molar-refractivity contribution >= 4 is 5.91 Å². The van der Waals surface area contributed by atoms with Crippen LogP contribution in [0.4, 0.5) is 0 Å². The lowest BCUT2D eigenvalue weighted by atomic mass is 10.1. The van der Waals surface area contributed by atoms with Crippen molar-refractivity contribution < 1.29 is 14.3 Å². The van der Waals surface area contributed by atoms with Crippen LogP contribution in [0.2, 0.25) is 0 Å². The first-order valence-corrected chi connectivity index (χ1v) is 9.02. The van der Waals surface area contributed by atoms with Crippen molar-refractivity contribution in [3.63, 3.8) is 0 Å². The zero-order chi connectivity index (χ0) is 17.8. The number of hydrogen-bond donors (Lipinski definition) is 1. The van der Waals surface area contributed by atoms with Crippen LogP contribution in [0.25, 0.3) is 0 Å². The van der Waals surface area contributed by atoms with E-state index >= 15 is 0 Å². The SMILES string of the molecule is CCc1[nH]c(=O)c(C(=O)N2CCOC(CN3CCOCC3)C2)cc1C. The van der Waals surface area contributed by atoms with Gasteiger partial charge in [0.05, 0.1) is 25.9 Å². The quantitative estimate of drug-likeness (QED) is 0.853. The van der Waals surface area contributed by atoms with Gasteiger partial charge in [0.25, 0.3) is 11.5 Å². The van der Waals surface area contributed by atoms with Crippen molar-refractivity contribution in [3.8, 4) is 0 Å². The summed E-state index contributed by atoms with van der Waals surface area (Å²) in [6.45, 7) is 9.51. The molecule has 1 amide bonds. The smallest absolute Gasteiger partial charge is 0.261 e. The molecule has 0 bridgehead atoms. The van der Waals surface area contributed by atoms with Gasteiger partial charge in [-0.15, -0.1) is 0 Å². The minimum atomic E-state index is -0.302. The summed E-state index contributed by atoms with van der Waals surface area (Å²) >= 11 is 0. The predicted molar refractivity (Wildman–Crippen MR) is 94.1 cm³/mol. The van der Waals surface area contributed by atoms with Crippen molar-refractivity contribution in [3.05, 3.63) is 33.2 Å². The van der Waals surface area contributed by atoms with Crippen LogP contribution in [0.1, 0.15) is 28.5 Å². The second-order valence-corrected chi connectivity index (χ2v) is 6.68. The van der Waals surface area contributed by atoms with Gasteiger partial charge in [0.2, 0.25) is 0 Å². The van der Waals surface area contributed by atoms with Crippen molar-refractivity contribution in [2.75, 3.05) is 52.5 Å². The molecule has 1 N–H and O–H groups in total. The second-order valence-electron chi connectivity index (χ2n) is 6.68. The zero-order valence-electron chi connectivity index (χ0n) is 15.0. The van der Waals surface area contributed by atoms with E-state index in [1.54, 1.807) is 11.0 Å². The van der Waals surface area contributed by atoms with E-state index in [1.807, 2.05) is 13.8 Å². The third kappa shape index (κ3) is 4.29. The highest BCUT2D eigenvalue weighted by atomic mass is 16.5. The van der Waals surface area contributed by atoms with Gasteiger partial charge in [0.1, 0.15) is 5.56 Å². The number of aromatic nitrogens is 1. The topological polar surface area (TPSA) is 74.9 Å². The van der Waals surface area contributed by atoms with Gasteiger partial charge >= 0.3 is 0 Å². The first-order valence-electron chi connectivity index (χ1n) is 9.02. The maximum absolute atomic E-state index is 12.8. The third-order valence-electron chi connectivity index (χ3n) is 4.92. The Morgan fingerprint density at radius 1 is 1.28 bits per heavy atom. The van der Waals surface area contributed by atoms with Gasteiger partial charge in [0.15, 0.2) is 0 Å². The first-order chi connectivity index (χ1) is 12.1. The molecule has 1 atom stereocenters. The first kappa shape index (κ1) is 18.1. The molecule has 3 heterocycles. The average molecular weight is 349 g/mol. The Morgan fingerprint density at radius 2 is 2.04 bits per heavy atom. The molecule has 25 heavy (non-hydrogen) atoms. The number of nitrogens with one attached hydrogen (secondary N) is 1. The number of rotatable bonds is 4. The van der Waals surface area contributed by atoms with E-state index in [-0.39, 0.29) is 23.1 Å². The standard InChI is InChI=1S/C18H27N3O4/c1-3-16-13(2)10-15(17(22)19-16)18(23)21-6-9-25-14(12-21)11-20-4-7-24-8-5-20/h10,14H,3-9,11-12H2,1-2H3,(H,19,22). The molecule has 1 unspecified atom stereocenters. The summed E-state index contributed by atoms with van der Waals surface area (Å²) in [7, 11) is 0. The summed E-state index contributed by atoms with van der Waals surface area (Å²) in [4.78, 5) is 32.0. The number of aromatic amines is 1. The van der Waals surface area contributed by atoms with Crippen LogP contribution in [0, 0.1) is 6.92 Å². The fourth-order valence-corrected chi connectivity index (χ4v) is 3.45. The molecule has 7 nitrogen and oxygen atoms in total. The largest absolute Gasteiger partial charge is 0.379 e. The molecule has 0 radical (unpaired) electrons. The lowest BCUT2D eigenvalue weighted by Gasteiger charge is -2.36. The molecule has 0 spiro atoms. The Hall–Kier alpha value is -1.70. The summed E-state index contributed by atoms with van der Waals surface area (Å²) in [6, 6.07) is 1.71. The maximum atomic E-state index is 12.8. The van der Waals surface area contributed by atoms with E-state index < -0.39 is 0 Å². The molecule has 2 fully saturated rings. The zero-order valence-corrected chi connectivity index (χ0v) is 15.0. The third-order valence-corrected chi connectivity index (χ3v) is 4.92. The number of amides is 1. The van der Waals surface area contributed by atoms with Gasteiger partial charge in [-0.3, -0.25) is 14.5 Å². The molecule has 2 aliphatic rings. The van der Waals surface area contributed by atoms with Gasteiger partial charge in [-0.2, -0.15) is 0 Å². The van der Waals surface area contributed by atoms with E-state index in [9.17, 15) is 9.59 Å². The number of nitrogens with zero attached hydrogens (tertiary/aromatic N) is 2. The molecule has 1 aromatic rings. The number of aryl methyl sites for hydroxylation is 2. The van der Waals surface area contributed by atoms with Crippen molar-refractivity contribution in [1.82, 2.24) is 14.8 Å². The number of ether oxygens (including phenoxy) is 2. The molecule has 0 aliphatic carbocycles. The molecule has 2 saturated heterocycles. The van der Waals surface area contributed by atoms with Gasteiger partial charge in [0, 0.05) is 38.4 Å². The fourth-order valence-electron chi connectivity index (χ4n) is 3.45.